The van der Waals surface area contributed by atoms with Crippen LogP contribution in [0.25, 0.3) is 0 Å². The summed E-state index contributed by atoms with van der Waals surface area (Å²) in [6.07, 6.45) is -9.63. The van der Waals surface area contributed by atoms with Gasteiger partial charge in [0.05, 0.1) is 82.2 Å². The van der Waals surface area contributed by atoms with Crippen LogP contribution in [0, 0.1) is 22.7 Å². The minimum Gasteiger partial charge on any atom is -0.463 e. The van der Waals surface area contributed by atoms with Crippen molar-refractivity contribution in [2.45, 2.75) is 52.1 Å². The Hall–Kier alpha value is -8.66. The molecular formula is C52H46F6N8O8. The summed E-state index contributed by atoms with van der Waals surface area (Å²) in [7, 11) is 0. The van der Waals surface area contributed by atoms with Crippen molar-refractivity contribution in [3.8, 4) is 12.1 Å². The van der Waals surface area contributed by atoms with E-state index < -0.39 is 84.5 Å². The maximum atomic E-state index is 14.7. The Kier molecular flexibility index (Phi) is 15.5. The Labute approximate surface area is 420 Å². The number of esters is 2. The van der Waals surface area contributed by atoms with Gasteiger partial charge in [0.1, 0.15) is 13.1 Å². The Balaban J connectivity index is 1.19. The first kappa shape index (κ1) is 53.1. The monoisotopic (exact) mass is 1020 g/mol. The number of nitriles is 2. The summed E-state index contributed by atoms with van der Waals surface area (Å²) in [5.41, 5.74) is -2.24. The van der Waals surface area contributed by atoms with Crippen LogP contribution < -0.4 is 9.80 Å². The number of anilines is 2. The Bertz CT molecular complexity index is 2820. The van der Waals surface area contributed by atoms with Crippen molar-refractivity contribution in [1.29, 1.82) is 10.5 Å². The van der Waals surface area contributed by atoms with Crippen LogP contribution in [0.2, 0.25) is 0 Å². The van der Waals surface area contributed by atoms with E-state index in [1.165, 1.54) is 98.2 Å². The van der Waals surface area contributed by atoms with Crippen LogP contribution in [0.5, 0.6) is 0 Å². The molecule has 3 heterocycles. The molecule has 2 atom stereocenters. The Morgan fingerprint density at radius 3 is 1.20 bits per heavy atom. The number of nitrogens with zero attached hydrogens (tertiary/aromatic N) is 8. The first-order valence-corrected chi connectivity index (χ1v) is 23.0. The molecule has 16 nitrogen and oxygen atoms in total. The summed E-state index contributed by atoms with van der Waals surface area (Å²) in [5.74, 6) is -3.25. The van der Waals surface area contributed by atoms with Crippen molar-refractivity contribution >= 4 is 47.2 Å². The van der Waals surface area contributed by atoms with E-state index in [0.717, 1.165) is 56.0 Å². The lowest BCUT2D eigenvalue weighted by molar-refractivity contribution is -0.142. The number of piperazine rings is 1. The minimum atomic E-state index is -4.81. The summed E-state index contributed by atoms with van der Waals surface area (Å²) in [6, 6.07) is 18.6. The quantitative estimate of drug-likeness (QED) is 0.0984. The molecule has 0 bridgehead atoms. The van der Waals surface area contributed by atoms with Crippen LogP contribution in [0.3, 0.4) is 0 Å². The van der Waals surface area contributed by atoms with E-state index in [1.54, 1.807) is 0 Å². The van der Waals surface area contributed by atoms with E-state index in [2.05, 4.69) is 0 Å². The van der Waals surface area contributed by atoms with Crippen LogP contribution in [0.15, 0.2) is 120 Å². The van der Waals surface area contributed by atoms with Crippen molar-refractivity contribution in [3.05, 3.63) is 153 Å². The number of benzene rings is 4. The summed E-state index contributed by atoms with van der Waals surface area (Å²) in [4.78, 5) is 92.5. The van der Waals surface area contributed by atoms with Crippen LogP contribution in [-0.2, 0) is 41.0 Å². The van der Waals surface area contributed by atoms with E-state index in [-0.39, 0.29) is 95.6 Å². The Morgan fingerprint density at radius 2 is 0.905 bits per heavy atom. The molecule has 7 rings (SSSR count). The molecule has 4 aromatic rings. The number of alkyl halides is 6. The fourth-order valence-corrected chi connectivity index (χ4v) is 9.09. The normalized spacial score (nSPS) is 17.6. The molecule has 1 saturated heterocycles. The third-order valence-corrected chi connectivity index (χ3v) is 12.7. The molecule has 0 N–H and O–H groups in total. The molecule has 22 heteroatoms. The van der Waals surface area contributed by atoms with Crippen LogP contribution in [0.4, 0.5) is 47.3 Å². The predicted molar refractivity (Wildman–Crippen MR) is 252 cm³/mol. The number of carbonyl (C=O) groups excluding carboxylic acids is 6. The topological polar surface area (TPSA) is 188 Å². The number of amides is 6. The second kappa shape index (κ2) is 21.6. The molecule has 4 aromatic carbocycles. The number of allylic oxidation sites excluding steroid dienone is 2. The van der Waals surface area contributed by atoms with Crippen molar-refractivity contribution in [1.82, 2.24) is 19.6 Å². The van der Waals surface area contributed by atoms with Gasteiger partial charge in [-0.25, -0.2) is 19.2 Å². The fourth-order valence-electron chi connectivity index (χ4n) is 9.09. The molecule has 6 amide bonds. The highest BCUT2D eigenvalue weighted by Gasteiger charge is 2.47. The molecule has 0 spiro atoms. The minimum absolute atomic E-state index is 0.0791. The zero-order valence-corrected chi connectivity index (χ0v) is 40.2. The maximum absolute atomic E-state index is 14.7. The van der Waals surface area contributed by atoms with Gasteiger partial charge in [0.15, 0.2) is 0 Å². The lowest BCUT2D eigenvalue weighted by atomic mass is 9.92. The van der Waals surface area contributed by atoms with E-state index in [0.29, 0.717) is 0 Å². The van der Waals surface area contributed by atoms with Gasteiger partial charge in [-0.3, -0.25) is 19.4 Å². The van der Waals surface area contributed by atoms with E-state index in [4.69, 9.17) is 9.47 Å². The number of hydrogen-bond donors (Lipinski definition) is 0. The van der Waals surface area contributed by atoms with Gasteiger partial charge in [-0.2, -0.15) is 36.9 Å². The molecule has 0 aliphatic carbocycles. The first-order chi connectivity index (χ1) is 35.1. The zero-order chi connectivity index (χ0) is 53.8. The molecule has 2 unspecified atom stereocenters. The van der Waals surface area contributed by atoms with Crippen molar-refractivity contribution in [3.63, 3.8) is 0 Å². The van der Waals surface area contributed by atoms with Gasteiger partial charge in [-0.05, 0) is 99.5 Å². The van der Waals surface area contributed by atoms with Gasteiger partial charge in [0, 0.05) is 37.6 Å². The number of urea groups is 2. The van der Waals surface area contributed by atoms with Gasteiger partial charge in [0.2, 0.25) is 11.8 Å². The number of rotatable bonds is 12. The molecule has 0 radical (unpaired) electrons. The van der Waals surface area contributed by atoms with Gasteiger partial charge >= 0.3 is 36.4 Å². The third-order valence-electron chi connectivity index (χ3n) is 12.7. The molecule has 3 aliphatic heterocycles. The average Bonchev–Trinajstić information content (AvgIpc) is 3.37. The lowest BCUT2D eigenvalue weighted by Crippen LogP contribution is -2.58. The second-order valence-electron chi connectivity index (χ2n) is 17.1. The first-order valence-electron chi connectivity index (χ1n) is 23.0. The van der Waals surface area contributed by atoms with Crippen molar-refractivity contribution in [2.24, 2.45) is 0 Å². The van der Waals surface area contributed by atoms with E-state index in [1.807, 2.05) is 12.1 Å². The van der Waals surface area contributed by atoms with Crippen molar-refractivity contribution in [2.75, 3.05) is 62.3 Å². The summed E-state index contributed by atoms with van der Waals surface area (Å²) in [6.45, 7) is 3.42. The largest absolute Gasteiger partial charge is 0.463 e. The van der Waals surface area contributed by atoms with Crippen LogP contribution >= 0.6 is 0 Å². The molecule has 1 fully saturated rings. The van der Waals surface area contributed by atoms with Crippen molar-refractivity contribution < 1.29 is 64.6 Å². The molecular weight excluding hydrogens is 979 g/mol. The maximum Gasteiger partial charge on any atom is 0.416 e. The van der Waals surface area contributed by atoms with Gasteiger partial charge in [0.25, 0.3) is 0 Å². The number of hydrogen-bond acceptors (Lipinski definition) is 10. The third kappa shape index (κ3) is 10.7. The SMILES string of the molecule is CCOC(=O)C1=C(C)N(c2cccc(C(F)(F)F)c2)C(=O)N(CC(=O)N2CCN(C(=O)CN3C(=O)N(c4cccc(C(F)(F)F)c4)C(C)=C(C(=O)OCC)C3c3ccc(C#N)cc3)CC2)C1c1ccc(C#N)cc1. The predicted octanol–water partition coefficient (Wildman–Crippen LogP) is 8.48. The zero-order valence-electron chi connectivity index (χ0n) is 40.2. The number of carbonyl (C=O) groups is 6. The van der Waals surface area contributed by atoms with E-state index in [9.17, 15) is 65.6 Å². The number of ether oxygens (including phenoxy) is 2. The number of halogens is 6. The molecule has 3 aliphatic rings. The highest BCUT2D eigenvalue weighted by Crippen LogP contribution is 2.44. The standard InChI is InChI=1S/C52H46F6N8O8/c1-5-73-47(69)43-31(3)65(39-11-7-9-37(25-39)51(53,54)55)49(71)63(45(43)35-17-13-33(27-59)14-18-35)29-41(67)61-21-23-62(24-22-61)42(68)30-64-46(36-19-15-34(28-60)16-20-36)44(48(70)74-6-2)32(4)66(50(64)72)40-12-8-10-38(26-40)52(56,57)58/h7-20,25-26,45-46H,5-6,21-24,29-30H2,1-4H3. The molecule has 384 valence electrons. The molecule has 0 saturated carbocycles. The van der Waals surface area contributed by atoms with Crippen LogP contribution in [0.1, 0.15) is 73.2 Å². The summed E-state index contributed by atoms with van der Waals surface area (Å²) >= 11 is 0. The highest BCUT2D eigenvalue weighted by molar-refractivity contribution is 6.06. The fraction of sp³-hybridized carbons (Fsp3) is 0.308. The highest BCUT2D eigenvalue weighted by atomic mass is 19.4. The average molecular weight is 1020 g/mol. The second-order valence-corrected chi connectivity index (χ2v) is 17.1. The van der Waals surface area contributed by atoms with Gasteiger partial charge in [-0.1, -0.05) is 36.4 Å². The van der Waals surface area contributed by atoms with Crippen LogP contribution in [-0.4, -0.2) is 108 Å². The molecule has 0 aromatic heterocycles. The Morgan fingerprint density at radius 1 is 0.568 bits per heavy atom. The van der Waals surface area contributed by atoms with Gasteiger partial charge in [-0.15, -0.1) is 0 Å². The summed E-state index contributed by atoms with van der Waals surface area (Å²) < 4.78 is 94.7. The smallest absolute Gasteiger partial charge is 0.416 e. The van der Waals surface area contributed by atoms with E-state index >= 15 is 0 Å². The lowest BCUT2D eigenvalue weighted by Gasteiger charge is -2.44. The summed E-state index contributed by atoms with van der Waals surface area (Å²) in [5, 5.41) is 19.0. The molecule has 74 heavy (non-hydrogen) atoms. The van der Waals surface area contributed by atoms with Gasteiger partial charge < -0.3 is 29.1 Å².